The van der Waals surface area contributed by atoms with Crippen molar-refractivity contribution in [3.63, 3.8) is 0 Å². The fourth-order valence-corrected chi connectivity index (χ4v) is 2.67. The van der Waals surface area contributed by atoms with Crippen LogP contribution in [0.2, 0.25) is 0 Å². The zero-order valence-corrected chi connectivity index (χ0v) is 14.7. The normalized spacial score (nSPS) is 14.7. The minimum atomic E-state index is -4.48. The van der Waals surface area contributed by atoms with Gasteiger partial charge in [-0.2, -0.15) is 18.2 Å². The van der Waals surface area contributed by atoms with Crippen molar-refractivity contribution in [2.24, 2.45) is 0 Å². The summed E-state index contributed by atoms with van der Waals surface area (Å²) in [6, 6.07) is 4.11. The molecule has 0 N–H and O–H groups in total. The van der Waals surface area contributed by atoms with Crippen LogP contribution in [0.25, 0.3) is 0 Å². The first-order valence-electron chi connectivity index (χ1n) is 8.00. The van der Waals surface area contributed by atoms with E-state index in [1.54, 1.807) is 20.8 Å². The summed E-state index contributed by atoms with van der Waals surface area (Å²) in [7, 11) is 0. The summed E-state index contributed by atoms with van der Waals surface area (Å²) in [6.45, 7) is 5.13. The minimum absolute atomic E-state index is 0.183. The molecule has 0 aliphatic carbocycles. The molecule has 2 amide bonds. The van der Waals surface area contributed by atoms with Crippen LogP contribution >= 0.6 is 0 Å². The number of rotatable bonds is 3. The molecule has 0 bridgehead atoms. The number of hydrogen-bond donors (Lipinski definition) is 0. The van der Waals surface area contributed by atoms with Crippen LogP contribution in [0.15, 0.2) is 24.3 Å². The summed E-state index contributed by atoms with van der Waals surface area (Å²) >= 11 is 0. The lowest BCUT2D eigenvalue weighted by Crippen LogP contribution is -2.49. The Hall–Kier alpha value is -2.69. The summed E-state index contributed by atoms with van der Waals surface area (Å²) in [5, 5.41) is 0.967. The maximum absolute atomic E-state index is 12.8. The molecule has 26 heavy (non-hydrogen) atoms. The van der Waals surface area contributed by atoms with E-state index < -0.39 is 23.4 Å². The van der Waals surface area contributed by atoms with Crippen LogP contribution in [-0.4, -0.2) is 29.1 Å². The van der Waals surface area contributed by atoms with Crippen LogP contribution in [0, 0.1) is 11.8 Å². The van der Waals surface area contributed by atoms with Crippen LogP contribution in [0.3, 0.4) is 0 Å². The summed E-state index contributed by atoms with van der Waals surface area (Å²) < 4.78 is 38.3. The average Bonchev–Trinajstić information content (AvgIpc) is 2.91. The molecule has 0 spiro atoms. The highest BCUT2D eigenvalue weighted by atomic mass is 19.4. The smallest absolute Gasteiger partial charge is 0.318 e. The third kappa shape index (κ3) is 4.28. The Kier molecular flexibility index (Phi) is 5.50. The molecular formula is C18H19F3N2O3. The standard InChI is InChI=1S/C18H19F3N2O3/c1-4-11-17(2,3)23(16(25)26-22-12-5-6-15(22)24)14-9-7-13(8-10-14)18(19,20)21/h7-10H,5-6,12H2,1-3H3. The lowest BCUT2D eigenvalue weighted by atomic mass is 10.0. The van der Waals surface area contributed by atoms with E-state index in [9.17, 15) is 22.8 Å². The number of hydroxylamine groups is 2. The van der Waals surface area contributed by atoms with Crippen molar-refractivity contribution in [3.8, 4) is 11.8 Å². The van der Waals surface area contributed by atoms with E-state index in [4.69, 9.17) is 4.84 Å². The lowest BCUT2D eigenvalue weighted by molar-refractivity contribution is -0.157. The van der Waals surface area contributed by atoms with E-state index >= 15 is 0 Å². The van der Waals surface area contributed by atoms with Crippen molar-refractivity contribution in [1.29, 1.82) is 0 Å². The molecule has 1 aromatic rings. The highest BCUT2D eigenvalue weighted by Gasteiger charge is 2.36. The third-order valence-electron chi connectivity index (χ3n) is 3.84. The van der Waals surface area contributed by atoms with Gasteiger partial charge in [0.1, 0.15) is 5.54 Å². The van der Waals surface area contributed by atoms with Crippen LogP contribution < -0.4 is 4.90 Å². The maximum Gasteiger partial charge on any atom is 0.440 e. The van der Waals surface area contributed by atoms with Gasteiger partial charge in [-0.05, 0) is 51.5 Å². The van der Waals surface area contributed by atoms with Gasteiger partial charge in [0.2, 0.25) is 0 Å². The van der Waals surface area contributed by atoms with Gasteiger partial charge in [-0.3, -0.25) is 9.69 Å². The molecule has 0 saturated carbocycles. The van der Waals surface area contributed by atoms with Gasteiger partial charge in [0.15, 0.2) is 0 Å². The van der Waals surface area contributed by atoms with E-state index in [-0.39, 0.29) is 24.6 Å². The van der Waals surface area contributed by atoms with Crippen LogP contribution in [0.1, 0.15) is 39.2 Å². The average molecular weight is 368 g/mol. The second-order valence-electron chi connectivity index (χ2n) is 6.27. The third-order valence-corrected chi connectivity index (χ3v) is 3.84. The zero-order valence-electron chi connectivity index (χ0n) is 14.7. The summed E-state index contributed by atoms with van der Waals surface area (Å²) in [6.07, 6.45) is -4.51. The predicted octanol–water partition coefficient (Wildman–Crippen LogP) is 3.99. The van der Waals surface area contributed by atoms with Crippen molar-refractivity contribution in [1.82, 2.24) is 5.06 Å². The number of hydrogen-bond acceptors (Lipinski definition) is 3. The van der Waals surface area contributed by atoms with Crippen molar-refractivity contribution in [2.45, 2.75) is 45.3 Å². The van der Waals surface area contributed by atoms with E-state index in [0.717, 1.165) is 22.1 Å². The molecule has 2 rings (SSSR count). The number of anilines is 1. The van der Waals surface area contributed by atoms with Crippen molar-refractivity contribution in [3.05, 3.63) is 29.8 Å². The molecule has 1 fully saturated rings. The van der Waals surface area contributed by atoms with Crippen molar-refractivity contribution >= 4 is 17.7 Å². The van der Waals surface area contributed by atoms with Crippen LogP contribution in [-0.2, 0) is 15.8 Å². The lowest BCUT2D eigenvalue weighted by Gasteiger charge is -2.34. The molecule has 1 aromatic carbocycles. The van der Waals surface area contributed by atoms with Gasteiger partial charge in [-0.25, -0.2) is 4.79 Å². The van der Waals surface area contributed by atoms with E-state index in [1.807, 2.05) is 0 Å². The van der Waals surface area contributed by atoms with Gasteiger partial charge in [0, 0.05) is 12.1 Å². The summed E-state index contributed by atoms with van der Waals surface area (Å²) in [5.41, 5.74) is -1.71. The Bertz CT molecular complexity index is 746. The molecule has 0 atom stereocenters. The minimum Gasteiger partial charge on any atom is -0.318 e. The number of amides is 2. The van der Waals surface area contributed by atoms with Gasteiger partial charge in [-0.15, -0.1) is 5.92 Å². The van der Waals surface area contributed by atoms with Gasteiger partial charge in [-0.1, -0.05) is 5.92 Å². The first-order valence-corrected chi connectivity index (χ1v) is 8.00. The monoisotopic (exact) mass is 368 g/mol. The van der Waals surface area contributed by atoms with Gasteiger partial charge < -0.3 is 4.84 Å². The molecule has 1 aliphatic rings. The molecular weight excluding hydrogens is 349 g/mol. The van der Waals surface area contributed by atoms with E-state index in [2.05, 4.69) is 11.8 Å². The highest BCUT2D eigenvalue weighted by molar-refractivity contribution is 5.91. The molecule has 0 unspecified atom stereocenters. The van der Waals surface area contributed by atoms with E-state index in [1.165, 1.54) is 12.1 Å². The Labute approximate surface area is 149 Å². The summed E-state index contributed by atoms with van der Waals surface area (Å²) in [5.74, 6) is 5.21. The Morgan fingerprint density at radius 1 is 1.23 bits per heavy atom. The van der Waals surface area contributed by atoms with Gasteiger partial charge >= 0.3 is 12.3 Å². The number of nitrogens with zero attached hydrogens (tertiary/aromatic N) is 2. The zero-order chi connectivity index (χ0) is 19.5. The Balaban J connectivity index is 2.36. The first-order chi connectivity index (χ1) is 12.1. The SMILES string of the molecule is CC#CC(C)(C)N(C(=O)ON1CCCC1=O)c1ccc(C(F)(F)F)cc1. The molecule has 0 aromatic heterocycles. The Morgan fingerprint density at radius 3 is 2.31 bits per heavy atom. The van der Waals surface area contributed by atoms with Crippen molar-refractivity contribution in [2.75, 3.05) is 11.4 Å². The number of alkyl halides is 3. The fraction of sp³-hybridized carbons (Fsp3) is 0.444. The molecule has 0 radical (unpaired) electrons. The van der Waals surface area contributed by atoms with Crippen molar-refractivity contribution < 1.29 is 27.6 Å². The second kappa shape index (κ2) is 7.28. The Morgan fingerprint density at radius 2 is 1.85 bits per heavy atom. The van der Waals surface area contributed by atoms with Gasteiger partial charge in [0.05, 0.1) is 12.1 Å². The number of carbonyl (C=O) groups excluding carboxylic acids is 2. The summed E-state index contributed by atoms with van der Waals surface area (Å²) in [4.78, 5) is 30.6. The van der Waals surface area contributed by atoms with Crippen LogP contribution in [0.5, 0.6) is 0 Å². The molecule has 8 heteroatoms. The maximum atomic E-state index is 12.8. The molecule has 1 heterocycles. The largest absolute Gasteiger partial charge is 0.440 e. The molecule has 1 saturated heterocycles. The van der Waals surface area contributed by atoms with E-state index in [0.29, 0.717) is 6.42 Å². The first kappa shape index (κ1) is 19.6. The second-order valence-corrected chi connectivity index (χ2v) is 6.27. The number of benzene rings is 1. The predicted molar refractivity (Wildman–Crippen MR) is 88.9 cm³/mol. The molecule has 5 nitrogen and oxygen atoms in total. The number of carbonyl (C=O) groups is 2. The molecule has 1 aliphatic heterocycles. The van der Waals surface area contributed by atoms with Crippen LogP contribution in [0.4, 0.5) is 23.7 Å². The molecule has 140 valence electrons. The quantitative estimate of drug-likeness (QED) is 0.758. The topological polar surface area (TPSA) is 49.9 Å². The number of halogens is 3. The fourth-order valence-electron chi connectivity index (χ4n) is 2.67. The van der Waals surface area contributed by atoms with Gasteiger partial charge in [0.25, 0.3) is 5.91 Å². The highest BCUT2D eigenvalue weighted by Crippen LogP contribution is 2.32.